The van der Waals surface area contributed by atoms with E-state index >= 15 is 0 Å². The van der Waals surface area contributed by atoms with Crippen molar-refractivity contribution in [1.82, 2.24) is 15.1 Å². The molecule has 0 aliphatic carbocycles. The van der Waals surface area contributed by atoms with E-state index in [2.05, 4.69) is 17.3 Å². The minimum atomic E-state index is -0.363. The first-order valence-electron chi connectivity index (χ1n) is 7.02. The van der Waals surface area contributed by atoms with E-state index in [1.807, 2.05) is 31.8 Å². The molecule has 21 heavy (non-hydrogen) atoms. The van der Waals surface area contributed by atoms with Crippen LogP contribution in [0.5, 0.6) is 0 Å². The molecular formula is C16H21ClFN3. The van der Waals surface area contributed by atoms with Gasteiger partial charge in [0.1, 0.15) is 5.82 Å². The number of aromatic nitrogens is 2. The van der Waals surface area contributed by atoms with Gasteiger partial charge in [0.15, 0.2) is 0 Å². The average Bonchev–Trinajstić information content (AvgIpc) is 2.68. The van der Waals surface area contributed by atoms with Gasteiger partial charge in [-0.1, -0.05) is 17.7 Å². The Morgan fingerprint density at radius 2 is 2.05 bits per heavy atom. The lowest BCUT2D eigenvalue weighted by atomic mass is 9.98. The van der Waals surface area contributed by atoms with E-state index in [1.165, 1.54) is 17.3 Å². The highest BCUT2D eigenvalue weighted by Crippen LogP contribution is 2.19. The highest BCUT2D eigenvalue weighted by atomic mass is 35.5. The fourth-order valence-electron chi connectivity index (χ4n) is 2.59. The Balaban J connectivity index is 2.14. The molecule has 0 aliphatic rings. The van der Waals surface area contributed by atoms with Gasteiger partial charge in [-0.15, -0.1) is 0 Å². The summed E-state index contributed by atoms with van der Waals surface area (Å²) in [5.41, 5.74) is 4.43. The maximum atomic E-state index is 13.5. The van der Waals surface area contributed by atoms with Crippen LogP contribution in [0.2, 0.25) is 5.02 Å². The number of benzene rings is 1. The standard InChI is InChI=1S/C16H21ClFN3/c1-10-14(11(2)21(4)20-10)9-13(19-3)7-12-5-6-15(17)16(18)8-12/h5-6,8,13,19H,7,9H2,1-4H3. The lowest BCUT2D eigenvalue weighted by Crippen LogP contribution is -2.30. The molecule has 3 nitrogen and oxygen atoms in total. The second-order valence-corrected chi connectivity index (χ2v) is 5.82. The number of likely N-dealkylation sites (N-methyl/N-ethyl adjacent to an activating group) is 1. The highest BCUT2D eigenvalue weighted by Gasteiger charge is 2.16. The molecule has 0 bridgehead atoms. The van der Waals surface area contributed by atoms with E-state index in [1.54, 1.807) is 6.07 Å². The summed E-state index contributed by atoms with van der Waals surface area (Å²) in [6.07, 6.45) is 1.62. The summed E-state index contributed by atoms with van der Waals surface area (Å²) < 4.78 is 15.4. The van der Waals surface area contributed by atoms with Crippen molar-refractivity contribution in [2.24, 2.45) is 7.05 Å². The van der Waals surface area contributed by atoms with Gasteiger partial charge in [0.25, 0.3) is 0 Å². The van der Waals surface area contributed by atoms with Crippen LogP contribution in [0.1, 0.15) is 22.5 Å². The molecule has 0 saturated carbocycles. The first kappa shape index (κ1) is 16.0. The van der Waals surface area contributed by atoms with E-state index in [9.17, 15) is 4.39 Å². The molecule has 1 heterocycles. The van der Waals surface area contributed by atoms with Gasteiger partial charge in [0.05, 0.1) is 10.7 Å². The Bertz CT molecular complexity index is 637. The largest absolute Gasteiger partial charge is 0.316 e. The van der Waals surface area contributed by atoms with Crippen LogP contribution in [0.3, 0.4) is 0 Å². The molecule has 0 saturated heterocycles. The van der Waals surface area contributed by atoms with E-state index in [4.69, 9.17) is 11.6 Å². The third-order valence-corrected chi connectivity index (χ3v) is 4.29. The maximum absolute atomic E-state index is 13.5. The second kappa shape index (κ2) is 6.58. The van der Waals surface area contributed by atoms with Crippen molar-refractivity contribution < 1.29 is 4.39 Å². The number of aryl methyl sites for hydroxylation is 2. The summed E-state index contributed by atoms with van der Waals surface area (Å²) in [5, 5.41) is 7.91. The van der Waals surface area contributed by atoms with Gasteiger partial charge in [0, 0.05) is 18.8 Å². The van der Waals surface area contributed by atoms with Gasteiger partial charge in [0.2, 0.25) is 0 Å². The summed E-state index contributed by atoms with van der Waals surface area (Å²) in [4.78, 5) is 0. The molecular weight excluding hydrogens is 289 g/mol. The fraction of sp³-hybridized carbons (Fsp3) is 0.438. The number of nitrogens with zero attached hydrogens (tertiary/aromatic N) is 2. The van der Waals surface area contributed by atoms with Crippen molar-refractivity contribution in [3.8, 4) is 0 Å². The average molecular weight is 310 g/mol. The van der Waals surface area contributed by atoms with Crippen LogP contribution in [0.25, 0.3) is 0 Å². The predicted molar refractivity (Wildman–Crippen MR) is 84.3 cm³/mol. The van der Waals surface area contributed by atoms with Crippen LogP contribution >= 0.6 is 11.6 Å². The molecule has 1 aromatic heterocycles. The van der Waals surface area contributed by atoms with Crippen LogP contribution < -0.4 is 5.32 Å². The van der Waals surface area contributed by atoms with E-state index in [0.29, 0.717) is 0 Å². The van der Waals surface area contributed by atoms with Crippen molar-refractivity contribution in [2.75, 3.05) is 7.05 Å². The van der Waals surface area contributed by atoms with Gasteiger partial charge in [-0.05, 0) is 57.0 Å². The Labute approximate surface area is 130 Å². The molecule has 1 N–H and O–H groups in total. The number of hydrogen-bond donors (Lipinski definition) is 1. The molecule has 1 atom stereocenters. The van der Waals surface area contributed by atoms with Crippen LogP contribution in [-0.2, 0) is 19.9 Å². The fourth-order valence-corrected chi connectivity index (χ4v) is 2.70. The molecule has 0 aliphatic heterocycles. The van der Waals surface area contributed by atoms with Crippen LogP contribution in [0.15, 0.2) is 18.2 Å². The van der Waals surface area contributed by atoms with Gasteiger partial charge in [-0.3, -0.25) is 4.68 Å². The third-order valence-electron chi connectivity index (χ3n) is 3.98. The van der Waals surface area contributed by atoms with Gasteiger partial charge in [-0.2, -0.15) is 5.10 Å². The Hall–Kier alpha value is -1.39. The predicted octanol–water partition coefficient (Wildman–Crippen LogP) is 3.20. The van der Waals surface area contributed by atoms with Gasteiger partial charge in [-0.25, -0.2) is 4.39 Å². The van der Waals surface area contributed by atoms with Crippen molar-refractivity contribution in [3.05, 3.63) is 51.6 Å². The zero-order chi connectivity index (χ0) is 15.6. The zero-order valence-corrected chi connectivity index (χ0v) is 13.6. The lowest BCUT2D eigenvalue weighted by Gasteiger charge is -2.17. The van der Waals surface area contributed by atoms with Crippen molar-refractivity contribution in [3.63, 3.8) is 0 Å². The van der Waals surface area contributed by atoms with Gasteiger partial charge < -0.3 is 5.32 Å². The topological polar surface area (TPSA) is 29.9 Å². The Morgan fingerprint density at radius 1 is 1.33 bits per heavy atom. The van der Waals surface area contributed by atoms with Crippen molar-refractivity contribution in [1.29, 1.82) is 0 Å². The Morgan fingerprint density at radius 3 is 2.57 bits per heavy atom. The molecule has 2 aromatic rings. The normalized spacial score (nSPS) is 12.7. The molecule has 1 unspecified atom stereocenters. The number of rotatable bonds is 5. The number of halogens is 2. The first-order chi connectivity index (χ1) is 9.92. The van der Waals surface area contributed by atoms with E-state index in [-0.39, 0.29) is 16.9 Å². The van der Waals surface area contributed by atoms with Crippen molar-refractivity contribution >= 4 is 11.6 Å². The SMILES string of the molecule is CNC(Cc1ccc(Cl)c(F)c1)Cc1c(C)nn(C)c1C. The van der Waals surface area contributed by atoms with Crippen LogP contribution in [-0.4, -0.2) is 22.9 Å². The summed E-state index contributed by atoms with van der Waals surface area (Å²) in [7, 11) is 3.88. The molecule has 2 rings (SSSR count). The molecule has 1 aromatic carbocycles. The summed E-state index contributed by atoms with van der Waals surface area (Å²) >= 11 is 5.72. The maximum Gasteiger partial charge on any atom is 0.142 e. The quantitative estimate of drug-likeness (QED) is 0.919. The number of nitrogens with one attached hydrogen (secondary N) is 1. The molecule has 0 amide bonds. The van der Waals surface area contributed by atoms with Gasteiger partial charge >= 0.3 is 0 Å². The molecule has 5 heteroatoms. The minimum absolute atomic E-state index is 0.165. The minimum Gasteiger partial charge on any atom is -0.316 e. The third kappa shape index (κ3) is 3.63. The first-order valence-corrected chi connectivity index (χ1v) is 7.40. The zero-order valence-electron chi connectivity index (χ0n) is 12.9. The van der Waals surface area contributed by atoms with E-state index < -0.39 is 0 Å². The van der Waals surface area contributed by atoms with E-state index in [0.717, 1.165) is 24.1 Å². The molecule has 114 valence electrons. The second-order valence-electron chi connectivity index (χ2n) is 5.42. The molecule has 0 spiro atoms. The lowest BCUT2D eigenvalue weighted by molar-refractivity contribution is 0.550. The highest BCUT2D eigenvalue weighted by molar-refractivity contribution is 6.30. The monoisotopic (exact) mass is 309 g/mol. The summed E-state index contributed by atoms with van der Waals surface area (Å²) in [6, 6.07) is 5.22. The van der Waals surface area contributed by atoms with Crippen molar-refractivity contribution in [2.45, 2.75) is 32.7 Å². The smallest absolute Gasteiger partial charge is 0.142 e. The number of hydrogen-bond acceptors (Lipinski definition) is 2. The molecule has 0 radical (unpaired) electrons. The summed E-state index contributed by atoms with van der Waals surface area (Å²) in [5.74, 6) is -0.363. The van der Waals surface area contributed by atoms with Crippen LogP contribution in [0, 0.1) is 19.7 Å². The Kier molecular flexibility index (Phi) is 5.01. The summed E-state index contributed by atoms with van der Waals surface area (Å²) in [6.45, 7) is 4.10. The van der Waals surface area contributed by atoms with Crippen LogP contribution in [0.4, 0.5) is 4.39 Å². The molecule has 0 fully saturated rings.